The summed E-state index contributed by atoms with van der Waals surface area (Å²) in [5, 5.41) is 0. The van der Waals surface area contributed by atoms with Crippen LogP contribution in [0.4, 0.5) is 0 Å². The van der Waals surface area contributed by atoms with Crippen LogP contribution in [0.1, 0.15) is 48.4 Å². The van der Waals surface area contributed by atoms with E-state index in [-0.39, 0.29) is 0 Å². The fraction of sp³-hybridized carbons (Fsp3) is 0.440. The van der Waals surface area contributed by atoms with Gasteiger partial charge in [0.2, 0.25) is 0 Å². The minimum atomic E-state index is 0.527. The second-order valence-corrected chi connectivity index (χ2v) is 8.52. The molecule has 0 bridgehead atoms. The van der Waals surface area contributed by atoms with E-state index in [1.54, 1.807) is 12.5 Å². The lowest BCUT2D eigenvalue weighted by Gasteiger charge is -2.40. The molecular formula is C25H30N2O2. The molecule has 0 amide bonds. The first kappa shape index (κ1) is 18.7. The zero-order valence-corrected chi connectivity index (χ0v) is 17.3. The standard InChI is InChI=1S/C25H30N2O2/c1-26-12-14-27(15-13-26)23-9-5-8-19-10-11-21(16-22(19)23)25-18-28-17-24(29-25)20-6-3-2-4-7-20/h2-3,6,10-11,16-18,23H,4-5,7-9,12-15H2,1H3. The highest BCUT2D eigenvalue weighted by Gasteiger charge is 2.29. The molecule has 2 aliphatic heterocycles. The summed E-state index contributed by atoms with van der Waals surface area (Å²) in [7, 11) is 2.22. The number of rotatable bonds is 3. The van der Waals surface area contributed by atoms with Crippen LogP contribution in [0.5, 0.6) is 0 Å². The summed E-state index contributed by atoms with van der Waals surface area (Å²) in [4.78, 5) is 5.11. The number of hydrogen-bond acceptors (Lipinski definition) is 4. The van der Waals surface area contributed by atoms with Crippen LogP contribution in [0.2, 0.25) is 0 Å². The molecule has 1 fully saturated rings. The van der Waals surface area contributed by atoms with Crippen molar-refractivity contribution in [3.8, 4) is 0 Å². The quantitative estimate of drug-likeness (QED) is 0.742. The second kappa shape index (κ2) is 8.21. The predicted octanol–water partition coefficient (Wildman–Crippen LogP) is 4.77. The van der Waals surface area contributed by atoms with Crippen molar-refractivity contribution in [1.82, 2.24) is 9.80 Å². The minimum absolute atomic E-state index is 0.527. The lowest BCUT2D eigenvalue weighted by molar-refractivity contribution is 0.102. The van der Waals surface area contributed by atoms with Crippen LogP contribution in [0.25, 0.3) is 5.76 Å². The molecule has 1 unspecified atom stereocenters. The first-order valence-corrected chi connectivity index (χ1v) is 10.9. The van der Waals surface area contributed by atoms with Gasteiger partial charge in [-0.05, 0) is 61.9 Å². The summed E-state index contributed by atoms with van der Waals surface area (Å²) in [5.41, 5.74) is 5.30. The Hall–Kier alpha value is -2.30. The average molecular weight is 391 g/mol. The van der Waals surface area contributed by atoms with Gasteiger partial charge in [-0.3, -0.25) is 4.90 Å². The fourth-order valence-corrected chi connectivity index (χ4v) is 4.84. The summed E-state index contributed by atoms with van der Waals surface area (Å²) in [5.74, 6) is 1.64. The lowest BCUT2D eigenvalue weighted by atomic mass is 9.85. The molecule has 4 nitrogen and oxygen atoms in total. The van der Waals surface area contributed by atoms with Crippen LogP contribution < -0.4 is 0 Å². The lowest BCUT2D eigenvalue weighted by Crippen LogP contribution is -2.46. The number of nitrogens with zero attached hydrogens (tertiary/aromatic N) is 2. The Labute approximate surface area is 173 Å². The van der Waals surface area contributed by atoms with Gasteiger partial charge >= 0.3 is 0 Å². The highest BCUT2D eigenvalue weighted by atomic mass is 16.5. The summed E-state index contributed by atoms with van der Waals surface area (Å²) >= 11 is 0. The normalized spacial score (nSPS) is 25.3. The molecule has 0 N–H and O–H groups in total. The van der Waals surface area contributed by atoms with Crippen molar-refractivity contribution >= 4 is 5.76 Å². The Balaban J connectivity index is 1.38. The second-order valence-electron chi connectivity index (χ2n) is 8.52. The zero-order chi connectivity index (χ0) is 19.6. The third-order valence-electron chi connectivity index (χ3n) is 6.59. The molecule has 152 valence electrons. The molecule has 4 heteroatoms. The van der Waals surface area contributed by atoms with Crippen molar-refractivity contribution in [1.29, 1.82) is 0 Å². The first-order chi connectivity index (χ1) is 14.3. The summed E-state index contributed by atoms with van der Waals surface area (Å²) < 4.78 is 11.9. The average Bonchev–Trinajstić information content (AvgIpc) is 2.80. The summed E-state index contributed by atoms with van der Waals surface area (Å²) in [6.07, 6.45) is 15.6. The summed E-state index contributed by atoms with van der Waals surface area (Å²) in [6.45, 7) is 4.63. The molecule has 1 aromatic rings. The Kier molecular flexibility index (Phi) is 5.30. The van der Waals surface area contributed by atoms with Crippen molar-refractivity contribution in [2.24, 2.45) is 0 Å². The van der Waals surface area contributed by atoms with Gasteiger partial charge in [-0.15, -0.1) is 0 Å². The van der Waals surface area contributed by atoms with Crippen molar-refractivity contribution in [2.45, 2.75) is 38.1 Å². The third kappa shape index (κ3) is 3.92. The predicted molar refractivity (Wildman–Crippen MR) is 116 cm³/mol. The van der Waals surface area contributed by atoms with Gasteiger partial charge in [0.1, 0.15) is 12.5 Å². The Morgan fingerprint density at radius 1 is 1.00 bits per heavy atom. The molecule has 1 atom stereocenters. The van der Waals surface area contributed by atoms with Crippen LogP contribution in [-0.4, -0.2) is 43.0 Å². The van der Waals surface area contributed by atoms with Crippen LogP contribution in [-0.2, 0) is 15.9 Å². The van der Waals surface area contributed by atoms with Gasteiger partial charge in [-0.25, -0.2) is 0 Å². The van der Waals surface area contributed by atoms with E-state index in [0.29, 0.717) is 6.04 Å². The van der Waals surface area contributed by atoms with E-state index in [4.69, 9.17) is 9.47 Å². The van der Waals surface area contributed by atoms with Crippen molar-refractivity contribution in [3.63, 3.8) is 0 Å². The van der Waals surface area contributed by atoms with E-state index < -0.39 is 0 Å². The number of hydrogen-bond donors (Lipinski definition) is 0. The Morgan fingerprint density at radius 2 is 1.86 bits per heavy atom. The fourth-order valence-electron chi connectivity index (χ4n) is 4.84. The number of fused-ring (bicyclic) bond motifs is 1. The number of benzene rings is 1. The van der Waals surface area contributed by atoms with Gasteiger partial charge in [0, 0.05) is 37.8 Å². The molecule has 0 aromatic heterocycles. The summed E-state index contributed by atoms with van der Waals surface area (Å²) in [6, 6.07) is 7.37. The molecule has 0 saturated carbocycles. The van der Waals surface area contributed by atoms with Crippen molar-refractivity contribution in [3.05, 3.63) is 77.0 Å². The Morgan fingerprint density at radius 3 is 2.69 bits per heavy atom. The van der Waals surface area contributed by atoms with Gasteiger partial charge < -0.3 is 14.4 Å². The van der Waals surface area contributed by atoms with Crippen LogP contribution in [0.3, 0.4) is 0 Å². The van der Waals surface area contributed by atoms with Gasteiger partial charge in [-0.2, -0.15) is 0 Å². The third-order valence-corrected chi connectivity index (χ3v) is 6.59. The number of likely N-dealkylation sites (N-methyl/N-ethyl adjacent to an activating group) is 1. The smallest absolute Gasteiger partial charge is 0.169 e. The van der Waals surface area contributed by atoms with Crippen molar-refractivity contribution in [2.75, 3.05) is 33.2 Å². The van der Waals surface area contributed by atoms with Gasteiger partial charge in [-0.1, -0.05) is 30.4 Å². The highest BCUT2D eigenvalue weighted by Crippen LogP contribution is 2.38. The number of allylic oxidation sites excluding steroid dienone is 4. The number of aryl methyl sites for hydroxylation is 1. The van der Waals surface area contributed by atoms with E-state index in [0.717, 1.165) is 56.1 Å². The maximum atomic E-state index is 6.27. The van der Waals surface area contributed by atoms with E-state index in [1.165, 1.54) is 36.0 Å². The van der Waals surface area contributed by atoms with E-state index >= 15 is 0 Å². The molecule has 29 heavy (non-hydrogen) atoms. The maximum Gasteiger partial charge on any atom is 0.169 e. The molecule has 2 aliphatic carbocycles. The minimum Gasteiger partial charge on any atom is -0.465 e. The highest BCUT2D eigenvalue weighted by molar-refractivity contribution is 5.63. The van der Waals surface area contributed by atoms with Crippen LogP contribution >= 0.6 is 0 Å². The molecular weight excluding hydrogens is 360 g/mol. The van der Waals surface area contributed by atoms with Crippen LogP contribution in [0.15, 0.2) is 60.3 Å². The molecule has 5 rings (SSSR count). The van der Waals surface area contributed by atoms with E-state index in [2.05, 4.69) is 53.3 Å². The SMILES string of the molecule is CN1CCN(C2CCCc3ccc(C4=COC=C(C5=CC=CCC5)O4)cc32)CC1. The Bertz CT molecular complexity index is 888. The van der Waals surface area contributed by atoms with Crippen molar-refractivity contribution < 1.29 is 9.47 Å². The molecule has 0 radical (unpaired) electrons. The van der Waals surface area contributed by atoms with E-state index in [9.17, 15) is 0 Å². The first-order valence-electron chi connectivity index (χ1n) is 10.9. The molecule has 0 spiro atoms. The van der Waals surface area contributed by atoms with Gasteiger partial charge in [0.05, 0.1) is 0 Å². The number of piperazine rings is 1. The number of ether oxygens (including phenoxy) is 2. The zero-order valence-electron chi connectivity index (χ0n) is 17.3. The maximum absolute atomic E-state index is 6.27. The van der Waals surface area contributed by atoms with Crippen LogP contribution in [0, 0.1) is 0 Å². The molecule has 1 saturated heterocycles. The molecule has 1 aromatic carbocycles. The monoisotopic (exact) mass is 390 g/mol. The molecule has 2 heterocycles. The van der Waals surface area contributed by atoms with Gasteiger partial charge in [0.15, 0.2) is 11.5 Å². The topological polar surface area (TPSA) is 24.9 Å². The largest absolute Gasteiger partial charge is 0.465 e. The van der Waals surface area contributed by atoms with E-state index in [1.807, 2.05) is 0 Å². The molecule has 4 aliphatic rings. The van der Waals surface area contributed by atoms with Gasteiger partial charge in [0.25, 0.3) is 0 Å².